The van der Waals surface area contributed by atoms with Crippen molar-refractivity contribution >= 4 is 11.8 Å². The van der Waals surface area contributed by atoms with Crippen LogP contribution in [0.4, 0.5) is 0 Å². The third kappa shape index (κ3) is 10.2. The van der Waals surface area contributed by atoms with Crippen LogP contribution >= 0.6 is 0 Å². The topological polar surface area (TPSA) is 76.7 Å². The van der Waals surface area contributed by atoms with Crippen LogP contribution in [-0.4, -0.2) is 38.1 Å². The van der Waals surface area contributed by atoms with E-state index in [4.69, 9.17) is 9.47 Å². The fourth-order valence-corrected chi connectivity index (χ4v) is 2.03. The molecule has 6 nitrogen and oxygen atoms in total. The smallest absolute Gasteiger partial charge is 0.243 e. The number of benzene rings is 1. The molecule has 0 bridgehead atoms. The number of carbonyl (C=O) groups excluding carboxylic acids is 2. The third-order valence-corrected chi connectivity index (χ3v) is 3.47. The van der Waals surface area contributed by atoms with Gasteiger partial charge < -0.3 is 20.1 Å². The van der Waals surface area contributed by atoms with Gasteiger partial charge in [-0.2, -0.15) is 0 Å². The van der Waals surface area contributed by atoms with Crippen LogP contribution in [0.25, 0.3) is 0 Å². The summed E-state index contributed by atoms with van der Waals surface area (Å²) in [6, 6.07) is 7.50. The summed E-state index contributed by atoms with van der Waals surface area (Å²) in [7, 11) is 0. The minimum absolute atomic E-state index is 0.150. The second-order valence-corrected chi connectivity index (χ2v) is 5.57. The van der Waals surface area contributed by atoms with E-state index in [-0.39, 0.29) is 11.8 Å². The van der Waals surface area contributed by atoms with E-state index in [2.05, 4.69) is 23.8 Å². The van der Waals surface area contributed by atoms with Crippen molar-refractivity contribution in [1.29, 1.82) is 0 Å². The Morgan fingerprint density at radius 2 is 1.15 bits per heavy atom. The van der Waals surface area contributed by atoms with Crippen LogP contribution in [0.5, 0.6) is 11.5 Å². The molecule has 0 aliphatic rings. The zero-order valence-corrected chi connectivity index (χ0v) is 15.2. The molecule has 0 fully saturated rings. The first-order valence-electron chi connectivity index (χ1n) is 8.82. The van der Waals surface area contributed by atoms with Crippen molar-refractivity contribution in [2.75, 3.05) is 26.3 Å². The standard InChI is InChI=1S/C20H28N2O4/c1-3-19(23)21-13-5-7-15-25-17-9-11-18(12-10-17)26-16-8-6-14-22-20(24)4-2/h3-4,9-12H,1-2,5-8,13-16H2,(H,21,23)(H,22,24). The highest BCUT2D eigenvalue weighted by atomic mass is 16.5. The molecule has 6 heteroatoms. The maximum Gasteiger partial charge on any atom is 0.243 e. The number of unbranched alkanes of at least 4 members (excludes halogenated alkanes) is 2. The monoisotopic (exact) mass is 360 g/mol. The Hall–Kier alpha value is -2.76. The summed E-state index contributed by atoms with van der Waals surface area (Å²) >= 11 is 0. The average molecular weight is 360 g/mol. The maximum atomic E-state index is 11.0. The summed E-state index contributed by atoms with van der Waals surface area (Å²) in [4.78, 5) is 21.9. The van der Waals surface area contributed by atoms with Gasteiger partial charge in [-0.3, -0.25) is 9.59 Å². The van der Waals surface area contributed by atoms with E-state index in [1.54, 1.807) is 0 Å². The number of rotatable bonds is 14. The molecule has 0 aliphatic carbocycles. The molecule has 0 atom stereocenters. The Bertz CT molecular complexity index is 519. The van der Waals surface area contributed by atoms with Crippen molar-refractivity contribution in [3.63, 3.8) is 0 Å². The molecule has 0 aromatic heterocycles. The Morgan fingerprint density at radius 1 is 0.769 bits per heavy atom. The maximum absolute atomic E-state index is 11.0. The molecular formula is C20H28N2O4. The quantitative estimate of drug-likeness (QED) is 0.395. The molecular weight excluding hydrogens is 332 g/mol. The predicted octanol–water partition coefficient (Wildman–Crippen LogP) is 2.61. The van der Waals surface area contributed by atoms with E-state index >= 15 is 0 Å². The lowest BCUT2D eigenvalue weighted by Gasteiger charge is -2.09. The van der Waals surface area contributed by atoms with Crippen LogP contribution in [0.15, 0.2) is 49.6 Å². The summed E-state index contributed by atoms with van der Waals surface area (Å²) in [5, 5.41) is 5.45. The number of hydrogen-bond acceptors (Lipinski definition) is 4. The minimum Gasteiger partial charge on any atom is -0.494 e. The van der Waals surface area contributed by atoms with E-state index in [0.717, 1.165) is 37.2 Å². The summed E-state index contributed by atoms with van der Waals surface area (Å²) in [6.07, 6.45) is 5.96. The van der Waals surface area contributed by atoms with Crippen molar-refractivity contribution in [1.82, 2.24) is 10.6 Å². The van der Waals surface area contributed by atoms with Crippen molar-refractivity contribution in [3.8, 4) is 11.5 Å². The molecule has 2 N–H and O–H groups in total. The first kappa shape index (κ1) is 21.3. The average Bonchev–Trinajstić information content (AvgIpc) is 2.67. The molecule has 0 heterocycles. The van der Waals surface area contributed by atoms with Crippen molar-refractivity contribution < 1.29 is 19.1 Å². The number of carbonyl (C=O) groups is 2. The summed E-state index contributed by atoms with van der Waals surface area (Å²) < 4.78 is 11.3. The SMILES string of the molecule is C=CC(=O)NCCCCOc1ccc(OCCCCNC(=O)C=C)cc1. The molecule has 0 aliphatic heterocycles. The summed E-state index contributed by atoms with van der Waals surface area (Å²) in [5.74, 6) is 1.28. The van der Waals surface area contributed by atoms with Crippen LogP contribution in [0, 0.1) is 0 Å². The number of nitrogens with one attached hydrogen (secondary N) is 2. The zero-order valence-electron chi connectivity index (χ0n) is 15.2. The summed E-state index contributed by atoms with van der Waals surface area (Å²) in [6.45, 7) is 9.24. The Labute approximate surface area is 155 Å². The van der Waals surface area contributed by atoms with Gasteiger partial charge in [-0.1, -0.05) is 13.2 Å². The van der Waals surface area contributed by atoms with E-state index in [1.165, 1.54) is 12.2 Å². The highest BCUT2D eigenvalue weighted by molar-refractivity contribution is 5.87. The Morgan fingerprint density at radius 3 is 1.50 bits per heavy atom. The van der Waals surface area contributed by atoms with Crippen LogP contribution in [0.3, 0.4) is 0 Å². The van der Waals surface area contributed by atoms with Crippen LogP contribution < -0.4 is 20.1 Å². The van der Waals surface area contributed by atoms with Gasteiger partial charge in [0.1, 0.15) is 11.5 Å². The van der Waals surface area contributed by atoms with Gasteiger partial charge in [-0.05, 0) is 62.1 Å². The fourth-order valence-electron chi connectivity index (χ4n) is 2.03. The molecule has 0 saturated heterocycles. The van der Waals surface area contributed by atoms with Crippen LogP contribution in [0.1, 0.15) is 25.7 Å². The molecule has 0 spiro atoms. The van der Waals surface area contributed by atoms with Gasteiger partial charge in [-0.25, -0.2) is 0 Å². The molecule has 26 heavy (non-hydrogen) atoms. The van der Waals surface area contributed by atoms with E-state index in [9.17, 15) is 9.59 Å². The molecule has 1 rings (SSSR count). The van der Waals surface area contributed by atoms with Crippen molar-refractivity contribution in [2.24, 2.45) is 0 Å². The van der Waals surface area contributed by atoms with Gasteiger partial charge >= 0.3 is 0 Å². The highest BCUT2D eigenvalue weighted by Crippen LogP contribution is 2.18. The van der Waals surface area contributed by atoms with Gasteiger partial charge in [0.25, 0.3) is 0 Å². The van der Waals surface area contributed by atoms with Gasteiger partial charge in [0.05, 0.1) is 13.2 Å². The van der Waals surface area contributed by atoms with E-state index in [1.807, 2.05) is 24.3 Å². The van der Waals surface area contributed by atoms with Crippen LogP contribution in [-0.2, 0) is 9.59 Å². The molecule has 142 valence electrons. The summed E-state index contributed by atoms with van der Waals surface area (Å²) in [5.41, 5.74) is 0. The van der Waals surface area contributed by atoms with E-state index < -0.39 is 0 Å². The zero-order chi connectivity index (χ0) is 19.0. The van der Waals surface area contributed by atoms with Gasteiger partial charge in [0.2, 0.25) is 11.8 Å². The van der Waals surface area contributed by atoms with Gasteiger partial charge in [-0.15, -0.1) is 0 Å². The lowest BCUT2D eigenvalue weighted by molar-refractivity contribution is -0.117. The Balaban J connectivity index is 2.08. The molecule has 0 saturated carbocycles. The Kier molecular flexibility index (Phi) is 11.1. The number of hydrogen-bond donors (Lipinski definition) is 2. The van der Waals surface area contributed by atoms with Crippen LogP contribution in [0.2, 0.25) is 0 Å². The van der Waals surface area contributed by atoms with Gasteiger partial charge in [0, 0.05) is 13.1 Å². The number of amides is 2. The second-order valence-electron chi connectivity index (χ2n) is 5.57. The molecule has 1 aromatic rings. The molecule has 2 amide bonds. The first-order valence-corrected chi connectivity index (χ1v) is 8.82. The highest BCUT2D eigenvalue weighted by Gasteiger charge is 1.99. The minimum atomic E-state index is -0.150. The third-order valence-electron chi connectivity index (χ3n) is 3.47. The number of ether oxygens (including phenoxy) is 2. The molecule has 0 radical (unpaired) electrons. The predicted molar refractivity (Wildman–Crippen MR) is 102 cm³/mol. The van der Waals surface area contributed by atoms with Gasteiger partial charge in [0.15, 0.2) is 0 Å². The van der Waals surface area contributed by atoms with E-state index in [0.29, 0.717) is 26.3 Å². The largest absolute Gasteiger partial charge is 0.494 e. The molecule has 1 aromatic carbocycles. The van der Waals surface area contributed by atoms with Crippen molar-refractivity contribution in [2.45, 2.75) is 25.7 Å². The fraction of sp³-hybridized carbons (Fsp3) is 0.400. The second kappa shape index (κ2) is 13.5. The molecule has 0 unspecified atom stereocenters. The normalized spacial score (nSPS) is 9.85. The first-order chi connectivity index (χ1) is 12.7. The lowest BCUT2D eigenvalue weighted by atomic mass is 10.3. The van der Waals surface area contributed by atoms with Crippen molar-refractivity contribution in [3.05, 3.63) is 49.6 Å². The lowest BCUT2D eigenvalue weighted by Crippen LogP contribution is -2.22.